The van der Waals surface area contributed by atoms with Gasteiger partial charge in [0.2, 0.25) is 0 Å². The van der Waals surface area contributed by atoms with Crippen LogP contribution in [0.15, 0.2) is 4.42 Å². The normalized spacial score (nSPS) is 12.6. The third-order valence-electron chi connectivity index (χ3n) is 2.94. The van der Waals surface area contributed by atoms with E-state index in [9.17, 15) is 4.79 Å². The van der Waals surface area contributed by atoms with Crippen molar-refractivity contribution in [2.45, 2.75) is 26.1 Å². The van der Waals surface area contributed by atoms with Gasteiger partial charge in [0.1, 0.15) is 11.5 Å². The molecule has 5 heteroatoms. The Morgan fingerprint density at radius 1 is 1.39 bits per heavy atom. The van der Waals surface area contributed by atoms with Crippen LogP contribution in [0.1, 0.15) is 27.4 Å². The molecule has 4 nitrogen and oxygen atoms in total. The maximum Gasteiger partial charge on any atom is 0.257 e. The van der Waals surface area contributed by atoms with Crippen LogP contribution in [0.3, 0.4) is 0 Å². The summed E-state index contributed by atoms with van der Waals surface area (Å²) in [6.45, 7) is 6.40. The molecule has 1 aromatic rings. The lowest BCUT2D eigenvalue weighted by atomic mass is 10.1. The molecule has 18 heavy (non-hydrogen) atoms. The van der Waals surface area contributed by atoms with Crippen molar-refractivity contribution in [3.8, 4) is 0 Å². The molecule has 0 radical (unpaired) electrons. The van der Waals surface area contributed by atoms with Crippen LogP contribution in [0.25, 0.3) is 0 Å². The van der Waals surface area contributed by atoms with Crippen molar-refractivity contribution in [1.29, 1.82) is 0 Å². The average Bonchev–Trinajstić information content (AvgIpc) is 2.52. The Labute approximate surface area is 113 Å². The highest BCUT2D eigenvalue weighted by Gasteiger charge is 2.22. The second-order valence-electron chi connectivity index (χ2n) is 4.45. The number of methoxy groups -OCH3 is 1. The van der Waals surface area contributed by atoms with Crippen LogP contribution in [0.5, 0.6) is 0 Å². The molecule has 1 unspecified atom stereocenters. The summed E-state index contributed by atoms with van der Waals surface area (Å²) in [6.07, 6.45) is 0. The summed E-state index contributed by atoms with van der Waals surface area (Å²) >= 11 is 6.05. The smallest absolute Gasteiger partial charge is 0.257 e. The monoisotopic (exact) mass is 273 g/mol. The molecule has 0 saturated carbocycles. The summed E-state index contributed by atoms with van der Waals surface area (Å²) in [7, 11) is 3.32. The zero-order chi connectivity index (χ0) is 13.9. The van der Waals surface area contributed by atoms with Crippen LogP contribution in [-0.2, 0) is 4.74 Å². The van der Waals surface area contributed by atoms with Gasteiger partial charge in [-0.2, -0.15) is 0 Å². The molecule has 1 aromatic heterocycles. The fourth-order valence-corrected chi connectivity index (χ4v) is 2.25. The first-order chi connectivity index (χ1) is 8.38. The Morgan fingerprint density at radius 2 is 2.00 bits per heavy atom. The molecular formula is C13H20ClNO3. The molecule has 0 N–H and O–H groups in total. The molecule has 0 saturated heterocycles. The zero-order valence-corrected chi connectivity index (χ0v) is 12.3. The number of furan rings is 1. The number of hydrogen-bond donors (Lipinski definition) is 0. The van der Waals surface area contributed by atoms with E-state index >= 15 is 0 Å². The van der Waals surface area contributed by atoms with E-state index < -0.39 is 0 Å². The van der Waals surface area contributed by atoms with E-state index in [1.54, 1.807) is 26.0 Å². The Bertz CT molecular complexity index is 428. The van der Waals surface area contributed by atoms with Crippen LogP contribution >= 0.6 is 11.6 Å². The Hall–Kier alpha value is -1.00. The minimum Gasteiger partial charge on any atom is -0.466 e. The summed E-state index contributed by atoms with van der Waals surface area (Å²) in [5.74, 6) is 1.37. The van der Waals surface area contributed by atoms with Crippen molar-refractivity contribution in [3.63, 3.8) is 0 Å². The number of halogens is 1. The Balaban J connectivity index is 2.80. The molecule has 1 heterocycles. The minimum atomic E-state index is -0.211. The Kier molecular flexibility index (Phi) is 5.23. The van der Waals surface area contributed by atoms with Gasteiger partial charge in [-0.1, -0.05) is 0 Å². The van der Waals surface area contributed by atoms with Crippen molar-refractivity contribution in [3.05, 3.63) is 22.6 Å². The lowest BCUT2D eigenvalue weighted by molar-refractivity contribution is 0.0779. The van der Waals surface area contributed by atoms with E-state index in [0.29, 0.717) is 24.5 Å². The largest absolute Gasteiger partial charge is 0.466 e. The third kappa shape index (κ3) is 3.27. The number of carbonyl (C=O) groups excluding carboxylic acids is 1. The third-order valence-corrected chi connectivity index (χ3v) is 3.21. The van der Waals surface area contributed by atoms with Crippen LogP contribution in [0, 0.1) is 20.8 Å². The first kappa shape index (κ1) is 15.1. The van der Waals surface area contributed by atoms with Crippen molar-refractivity contribution >= 4 is 17.5 Å². The molecule has 102 valence electrons. The van der Waals surface area contributed by atoms with Gasteiger partial charge in [0.15, 0.2) is 0 Å². The van der Waals surface area contributed by atoms with Gasteiger partial charge in [0, 0.05) is 26.3 Å². The maximum atomic E-state index is 12.3. The number of aryl methyl sites for hydroxylation is 2. The first-order valence-corrected chi connectivity index (χ1v) is 6.27. The standard InChI is InChI=1S/C13H20ClNO3/c1-8-9(2)18-10(3)12(8)13(16)15(4)6-11(14)7-17-5/h11H,6-7H2,1-5H3. The van der Waals surface area contributed by atoms with Crippen LogP contribution in [0.4, 0.5) is 0 Å². The molecule has 1 amide bonds. The van der Waals surface area contributed by atoms with Crippen LogP contribution in [0.2, 0.25) is 0 Å². The van der Waals surface area contributed by atoms with Gasteiger partial charge < -0.3 is 14.1 Å². The SMILES string of the molecule is COCC(Cl)CN(C)C(=O)c1c(C)oc(C)c1C. The van der Waals surface area contributed by atoms with Crippen molar-refractivity contribution in [1.82, 2.24) is 4.90 Å². The molecule has 1 atom stereocenters. The molecule has 0 fully saturated rings. The molecule has 0 aromatic carbocycles. The van der Waals surface area contributed by atoms with Gasteiger partial charge in [-0.05, 0) is 20.8 Å². The molecular weight excluding hydrogens is 254 g/mol. The highest BCUT2D eigenvalue weighted by Crippen LogP contribution is 2.22. The fourth-order valence-electron chi connectivity index (χ4n) is 1.91. The highest BCUT2D eigenvalue weighted by molar-refractivity contribution is 6.21. The van der Waals surface area contributed by atoms with E-state index in [1.165, 1.54) is 0 Å². The van der Waals surface area contributed by atoms with E-state index in [4.69, 9.17) is 20.8 Å². The number of carbonyl (C=O) groups is 1. The number of amides is 1. The van der Waals surface area contributed by atoms with Crippen LogP contribution in [-0.4, -0.2) is 43.5 Å². The van der Waals surface area contributed by atoms with Crippen molar-refractivity contribution in [2.24, 2.45) is 0 Å². The average molecular weight is 274 g/mol. The molecule has 0 aliphatic rings. The number of nitrogens with zero attached hydrogens (tertiary/aromatic N) is 1. The Morgan fingerprint density at radius 3 is 2.44 bits per heavy atom. The minimum absolute atomic E-state index is 0.0661. The molecule has 0 aliphatic carbocycles. The molecule has 0 bridgehead atoms. The first-order valence-electron chi connectivity index (χ1n) is 5.83. The van der Waals surface area contributed by atoms with Gasteiger partial charge >= 0.3 is 0 Å². The van der Waals surface area contributed by atoms with Gasteiger partial charge in [0.05, 0.1) is 17.5 Å². The lowest BCUT2D eigenvalue weighted by Crippen LogP contribution is -2.34. The van der Waals surface area contributed by atoms with E-state index in [1.807, 2.05) is 13.8 Å². The van der Waals surface area contributed by atoms with Gasteiger partial charge in [-0.3, -0.25) is 4.79 Å². The lowest BCUT2D eigenvalue weighted by Gasteiger charge is -2.20. The van der Waals surface area contributed by atoms with Gasteiger partial charge in [-0.25, -0.2) is 0 Å². The quantitative estimate of drug-likeness (QED) is 0.774. The number of rotatable bonds is 5. The van der Waals surface area contributed by atoms with Crippen molar-refractivity contribution < 1.29 is 13.9 Å². The number of hydrogen-bond acceptors (Lipinski definition) is 3. The summed E-state index contributed by atoms with van der Waals surface area (Å²) < 4.78 is 10.4. The van der Waals surface area contributed by atoms with Crippen molar-refractivity contribution in [2.75, 3.05) is 27.3 Å². The van der Waals surface area contributed by atoms with E-state index in [2.05, 4.69) is 0 Å². The molecule has 0 aliphatic heterocycles. The summed E-state index contributed by atoms with van der Waals surface area (Å²) in [5.41, 5.74) is 1.53. The van der Waals surface area contributed by atoms with E-state index in [0.717, 1.165) is 11.3 Å². The highest BCUT2D eigenvalue weighted by atomic mass is 35.5. The second-order valence-corrected chi connectivity index (χ2v) is 5.07. The zero-order valence-electron chi connectivity index (χ0n) is 11.5. The molecule has 0 spiro atoms. The predicted molar refractivity (Wildman–Crippen MR) is 71.4 cm³/mol. The van der Waals surface area contributed by atoms with E-state index in [-0.39, 0.29) is 11.3 Å². The van der Waals surface area contributed by atoms with Gasteiger partial charge in [-0.15, -0.1) is 11.6 Å². The number of alkyl halides is 1. The number of ether oxygens (including phenoxy) is 1. The summed E-state index contributed by atoms with van der Waals surface area (Å²) in [5, 5.41) is -0.211. The fraction of sp³-hybridized carbons (Fsp3) is 0.615. The molecule has 1 rings (SSSR count). The second kappa shape index (κ2) is 6.25. The van der Waals surface area contributed by atoms with Gasteiger partial charge in [0.25, 0.3) is 5.91 Å². The maximum absolute atomic E-state index is 12.3. The van der Waals surface area contributed by atoms with Crippen LogP contribution < -0.4 is 0 Å². The summed E-state index contributed by atoms with van der Waals surface area (Å²) in [6, 6.07) is 0. The topological polar surface area (TPSA) is 42.7 Å². The summed E-state index contributed by atoms with van der Waals surface area (Å²) in [4.78, 5) is 13.9. The predicted octanol–water partition coefficient (Wildman–Crippen LogP) is 2.53.